The molecule has 0 saturated heterocycles. The number of hydrogen-bond donors (Lipinski definition) is 0. The van der Waals surface area contributed by atoms with E-state index >= 15 is 0 Å². The molecule has 3 aromatic heterocycles. The van der Waals surface area contributed by atoms with Crippen LogP contribution in [0.25, 0.3) is 117 Å². The number of hydrogen-bond acceptors (Lipinski definition) is 4. The summed E-state index contributed by atoms with van der Waals surface area (Å²) in [6, 6.07) is 76.4. The summed E-state index contributed by atoms with van der Waals surface area (Å²) < 4.78 is 8.69. The maximum absolute atomic E-state index is 6.30. The van der Waals surface area contributed by atoms with Gasteiger partial charge in [-0.3, -0.25) is 0 Å². The molecule has 290 valence electrons. The third kappa shape index (κ3) is 6.06. The smallest absolute Gasteiger partial charge is 0.164 e. The Bertz CT molecular complexity index is 3630. The predicted octanol–water partition coefficient (Wildman–Crippen LogP) is 14.9. The summed E-state index contributed by atoms with van der Waals surface area (Å²) in [7, 11) is 0. The zero-order valence-corrected chi connectivity index (χ0v) is 33.5. The standard InChI is InChI=1S/C57H36N4O/c1-3-15-37(16-4-1)38-29-31-40(32-30-38)56-58-55(39-17-5-2-6-18-39)59-57(60-56)48-23-8-7-21-44(48)41-19-13-20-43(35-41)61-50-26-11-9-22-46(50)47-34-33-42(36-51(47)61)45-25-14-28-53-54(45)49-24-10-12-27-52(49)62-53/h1-36H. The molecule has 0 amide bonds. The second-order valence-electron chi connectivity index (χ2n) is 15.6. The minimum absolute atomic E-state index is 0.615. The van der Waals surface area contributed by atoms with Crippen molar-refractivity contribution in [1.82, 2.24) is 19.5 Å². The summed E-state index contributed by atoms with van der Waals surface area (Å²) in [4.78, 5) is 15.4. The van der Waals surface area contributed by atoms with Gasteiger partial charge in [-0.1, -0.05) is 182 Å². The zero-order chi connectivity index (χ0) is 41.0. The van der Waals surface area contributed by atoms with Crippen molar-refractivity contribution in [3.8, 4) is 73.2 Å². The van der Waals surface area contributed by atoms with Gasteiger partial charge < -0.3 is 8.98 Å². The molecule has 0 atom stereocenters. The third-order valence-corrected chi connectivity index (χ3v) is 11.9. The van der Waals surface area contributed by atoms with E-state index < -0.39 is 0 Å². The number of aromatic nitrogens is 4. The minimum Gasteiger partial charge on any atom is -0.456 e. The van der Waals surface area contributed by atoms with E-state index in [1.54, 1.807) is 0 Å². The molecular formula is C57H36N4O. The zero-order valence-electron chi connectivity index (χ0n) is 33.5. The van der Waals surface area contributed by atoms with Crippen LogP contribution in [0.2, 0.25) is 0 Å². The number of furan rings is 1. The van der Waals surface area contributed by atoms with E-state index in [0.717, 1.165) is 83.2 Å². The molecule has 0 spiro atoms. The lowest BCUT2D eigenvalue weighted by Crippen LogP contribution is -2.01. The van der Waals surface area contributed by atoms with Gasteiger partial charge in [0.05, 0.1) is 11.0 Å². The van der Waals surface area contributed by atoms with Crippen molar-refractivity contribution in [1.29, 1.82) is 0 Å². The van der Waals surface area contributed by atoms with Crippen LogP contribution in [0, 0.1) is 0 Å². The molecule has 0 bridgehead atoms. The molecule has 0 saturated carbocycles. The van der Waals surface area contributed by atoms with E-state index in [1.165, 1.54) is 16.3 Å². The van der Waals surface area contributed by atoms with Crippen molar-refractivity contribution in [2.75, 3.05) is 0 Å². The average molecular weight is 793 g/mol. The highest BCUT2D eigenvalue weighted by Gasteiger charge is 2.19. The van der Waals surface area contributed by atoms with E-state index in [-0.39, 0.29) is 0 Å². The van der Waals surface area contributed by atoms with E-state index in [1.807, 2.05) is 48.5 Å². The van der Waals surface area contributed by atoms with Gasteiger partial charge in [0.25, 0.3) is 0 Å². The first kappa shape index (κ1) is 35.5. The second-order valence-corrected chi connectivity index (χ2v) is 15.6. The van der Waals surface area contributed by atoms with Crippen LogP contribution in [0.1, 0.15) is 0 Å². The Kier molecular flexibility index (Phi) is 8.42. The topological polar surface area (TPSA) is 56.7 Å². The van der Waals surface area contributed by atoms with Gasteiger partial charge >= 0.3 is 0 Å². The number of benzene rings is 9. The van der Waals surface area contributed by atoms with Gasteiger partial charge in [-0.25, -0.2) is 15.0 Å². The summed E-state index contributed by atoms with van der Waals surface area (Å²) in [5.41, 5.74) is 14.6. The van der Waals surface area contributed by atoms with Crippen molar-refractivity contribution in [2.24, 2.45) is 0 Å². The lowest BCUT2D eigenvalue weighted by molar-refractivity contribution is 0.669. The Morgan fingerprint density at radius 3 is 1.63 bits per heavy atom. The molecule has 0 fully saturated rings. The van der Waals surface area contributed by atoms with Crippen LogP contribution in [0.3, 0.4) is 0 Å². The molecule has 9 aromatic carbocycles. The summed E-state index contributed by atoms with van der Waals surface area (Å²) in [5.74, 6) is 1.86. The molecule has 12 aromatic rings. The molecule has 62 heavy (non-hydrogen) atoms. The van der Waals surface area contributed by atoms with E-state index in [9.17, 15) is 0 Å². The van der Waals surface area contributed by atoms with E-state index in [0.29, 0.717) is 17.5 Å². The van der Waals surface area contributed by atoms with Crippen LogP contribution in [0.5, 0.6) is 0 Å². The summed E-state index contributed by atoms with van der Waals surface area (Å²) >= 11 is 0. The molecule has 0 aliphatic heterocycles. The van der Waals surface area contributed by atoms with Crippen LogP contribution in [0.15, 0.2) is 223 Å². The molecule has 5 nitrogen and oxygen atoms in total. The summed E-state index contributed by atoms with van der Waals surface area (Å²) in [6.07, 6.45) is 0. The van der Waals surface area contributed by atoms with Gasteiger partial charge in [-0.15, -0.1) is 0 Å². The van der Waals surface area contributed by atoms with E-state index in [2.05, 4.69) is 174 Å². The quantitative estimate of drug-likeness (QED) is 0.161. The monoisotopic (exact) mass is 792 g/mol. The number of fused-ring (bicyclic) bond motifs is 6. The van der Waals surface area contributed by atoms with Crippen LogP contribution < -0.4 is 0 Å². The Hall–Kier alpha value is -8.41. The number of para-hydroxylation sites is 2. The highest BCUT2D eigenvalue weighted by molar-refractivity contribution is 6.14. The fraction of sp³-hybridized carbons (Fsp3) is 0. The van der Waals surface area contributed by atoms with Crippen LogP contribution >= 0.6 is 0 Å². The van der Waals surface area contributed by atoms with Crippen molar-refractivity contribution in [3.05, 3.63) is 218 Å². The Labute approximate surface area is 357 Å². The van der Waals surface area contributed by atoms with Crippen molar-refractivity contribution < 1.29 is 4.42 Å². The SMILES string of the molecule is c1ccc(-c2ccc(-c3nc(-c4ccccc4)nc(-c4ccccc4-c4cccc(-n5c6ccccc6c6ccc(-c7cccc8oc9ccccc9c78)cc65)c4)n3)cc2)cc1. The predicted molar refractivity (Wildman–Crippen MR) is 254 cm³/mol. The lowest BCUT2D eigenvalue weighted by atomic mass is 9.98. The molecule has 0 aliphatic rings. The van der Waals surface area contributed by atoms with Gasteiger partial charge in [0.2, 0.25) is 0 Å². The van der Waals surface area contributed by atoms with Crippen molar-refractivity contribution >= 4 is 43.7 Å². The molecule has 0 radical (unpaired) electrons. The number of rotatable bonds is 7. The maximum atomic E-state index is 6.30. The largest absolute Gasteiger partial charge is 0.456 e. The first-order valence-corrected chi connectivity index (χ1v) is 20.8. The Morgan fingerprint density at radius 2 is 0.823 bits per heavy atom. The van der Waals surface area contributed by atoms with Gasteiger partial charge in [0, 0.05) is 43.9 Å². The van der Waals surface area contributed by atoms with Crippen LogP contribution in [-0.4, -0.2) is 19.5 Å². The van der Waals surface area contributed by atoms with Gasteiger partial charge in [-0.05, 0) is 69.8 Å². The average Bonchev–Trinajstić information content (AvgIpc) is 3.90. The highest BCUT2D eigenvalue weighted by Crippen LogP contribution is 2.41. The third-order valence-electron chi connectivity index (χ3n) is 11.9. The Balaban J connectivity index is 0.999. The first-order chi connectivity index (χ1) is 30.7. The van der Waals surface area contributed by atoms with Gasteiger partial charge in [0.1, 0.15) is 11.2 Å². The molecule has 3 heterocycles. The highest BCUT2D eigenvalue weighted by atomic mass is 16.3. The van der Waals surface area contributed by atoms with Gasteiger partial charge in [-0.2, -0.15) is 0 Å². The first-order valence-electron chi connectivity index (χ1n) is 20.8. The van der Waals surface area contributed by atoms with Gasteiger partial charge in [0.15, 0.2) is 17.5 Å². The molecule has 0 N–H and O–H groups in total. The van der Waals surface area contributed by atoms with E-state index in [4.69, 9.17) is 19.4 Å². The summed E-state index contributed by atoms with van der Waals surface area (Å²) in [6.45, 7) is 0. The number of nitrogens with zero attached hydrogens (tertiary/aromatic N) is 4. The molecule has 0 aliphatic carbocycles. The Morgan fingerprint density at radius 1 is 0.306 bits per heavy atom. The van der Waals surface area contributed by atoms with Crippen molar-refractivity contribution in [2.45, 2.75) is 0 Å². The fourth-order valence-corrected chi connectivity index (χ4v) is 8.96. The lowest BCUT2D eigenvalue weighted by Gasteiger charge is -2.14. The molecule has 12 rings (SSSR count). The van der Waals surface area contributed by atoms with Crippen LogP contribution in [0.4, 0.5) is 0 Å². The van der Waals surface area contributed by atoms with Crippen molar-refractivity contribution in [3.63, 3.8) is 0 Å². The second kappa shape index (κ2) is 14.7. The molecular weight excluding hydrogens is 757 g/mol. The molecule has 5 heteroatoms. The maximum Gasteiger partial charge on any atom is 0.164 e. The minimum atomic E-state index is 0.615. The summed E-state index contributed by atoms with van der Waals surface area (Å²) in [5, 5.41) is 4.65. The fourth-order valence-electron chi connectivity index (χ4n) is 8.96. The normalized spacial score (nSPS) is 11.5. The van der Waals surface area contributed by atoms with Crippen LogP contribution in [-0.2, 0) is 0 Å². The molecule has 0 unspecified atom stereocenters.